The Labute approximate surface area is 128 Å². The third kappa shape index (κ3) is 3.85. The number of carbonyl (C=O) groups excluding carboxylic acids is 1. The number of hydrogen-bond donors (Lipinski definition) is 1. The average molecular weight is 288 g/mol. The molecule has 1 N–H and O–H groups in total. The zero-order valence-electron chi connectivity index (χ0n) is 13.8. The van der Waals surface area contributed by atoms with Gasteiger partial charge in [0.25, 0.3) is 0 Å². The molecule has 1 heterocycles. The van der Waals surface area contributed by atoms with Crippen LogP contribution in [-0.4, -0.2) is 29.4 Å². The Bertz CT molecular complexity index is 496. The molecule has 0 aromatic heterocycles. The van der Waals surface area contributed by atoms with Crippen molar-refractivity contribution in [2.24, 2.45) is 5.92 Å². The summed E-state index contributed by atoms with van der Waals surface area (Å²) in [4.78, 5) is 14.5. The van der Waals surface area contributed by atoms with Gasteiger partial charge in [-0.25, -0.2) is 0 Å². The van der Waals surface area contributed by atoms with Gasteiger partial charge >= 0.3 is 0 Å². The van der Waals surface area contributed by atoms with Gasteiger partial charge in [-0.1, -0.05) is 38.1 Å². The van der Waals surface area contributed by atoms with Crippen molar-refractivity contribution in [2.75, 3.05) is 13.1 Å². The predicted molar refractivity (Wildman–Crippen MR) is 87.1 cm³/mol. The number of fused-ring (bicyclic) bond motifs is 1. The Balaban J connectivity index is 1.96. The van der Waals surface area contributed by atoms with Gasteiger partial charge in [-0.3, -0.25) is 9.69 Å². The molecule has 0 bridgehead atoms. The van der Waals surface area contributed by atoms with Crippen LogP contribution in [0.5, 0.6) is 0 Å². The number of carbonyl (C=O) groups is 1. The summed E-state index contributed by atoms with van der Waals surface area (Å²) in [5.74, 6) is 0.269. The Morgan fingerprint density at radius 1 is 1.33 bits per heavy atom. The summed E-state index contributed by atoms with van der Waals surface area (Å²) in [5.41, 5.74) is 2.87. The molecule has 1 atom stereocenters. The van der Waals surface area contributed by atoms with Crippen molar-refractivity contribution in [3.8, 4) is 0 Å². The van der Waals surface area contributed by atoms with E-state index in [0.717, 1.165) is 25.9 Å². The van der Waals surface area contributed by atoms with Gasteiger partial charge in [0.1, 0.15) is 0 Å². The van der Waals surface area contributed by atoms with Crippen molar-refractivity contribution >= 4 is 5.91 Å². The summed E-state index contributed by atoms with van der Waals surface area (Å²) in [6, 6.07) is 8.67. The minimum absolute atomic E-state index is 0.0172. The van der Waals surface area contributed by atoms with Crippen LogP contribution in [0.3, 0.4) is 0 Å². The van der Waals surface area contributed by atoms with Crippen LogP contribution in [0.25, 0.3) is 0 Å². The summed E-state index contributed by atoms with van der Waals surface area (Å²) in [5, 5.41) is 3.11. The van der Waals surface area contributed by atoms with Crippen LogP contribution in [0.4, 0.5) is 0 Å². The molecule has 3 heteroatoms. The van der Waals surface area contributed by atoms with Crippen molar-refractivity contribution in [3.63, 3.8) is 0 Å². The highest BCUT2D eigenvalue weighted by Crippen LogP contribution is 2.25. The fraction of sp³-hybridized carbons (Fsp3) is 0.611. The van der Waals surface area contributed by atoms with Gasteiger partial charge in [-0.2, -0.15) is 0 Å². The van der Waals surface area contributed by atoms with E-state index in [1.165, 1.54) is 11.1 Å². The number of rotatable bonds is 5. The van der Waals surface area contributed by atoms with Gasteiger partial charge in [0.2, 0.25) is 5.91 Å². The van der Waals surface area contributed by atoms with Gasteiger partial charge in [-0.05, 0) is 37.8 Å². The fourth-order valence-corrected chi connectivity index (χ4v) is 2.79. The Morgan fingerprint density at radius 3 is 2.67 bits per heavy atom. The molecule has 0 aliphatic carbocycles. The summed E-state index contributed by atoms with van der Waals surface area (Å²) < 4.78 is 0. The topological polar surface area (TPSA) is 32.3 Å². The van der Waals surface area contributed by atoms with Crippen LogP contribution < -0.4 is 5.32 Å². The molecule has 116 valence electrons. The monoisotopic (exact) mass is 288 g/mol. The van der Waals surface area contributed by atoms with E-state index in [1.54, 1.807) is 0 Å². The average Bonchev–Trinajstić information content (AvgIpc) is 2.51. The van der Waals surface area contributed by atoms with Crippen molar-refractivity contribution in [1.82, 2.24) is 10.2 Å². The molecule has 0 saturated heterocycles. The molecule has 1 aromatic carbocycles. The third-order valence-corrected chi connectivity index (χ3v) is 4.74. The second-order valence-electron chi connectivity index (χ2n) is 6.78. The van der Waals surface area contributed by atoms with Crippen LogP contribution >= 0.6 is 0 Å². The molecule has 0 spiro atoms. The number of benzene rings is 1. The molecular weight excluding hydrogens is 260 g/mol. The van der Waals surface area contributed by atoms with Gasteiger partial charge in [0, 0.05) is 31.1 Å². The minimum Gasteiger partial charge on any atom is -0.354 e. The second-order valence-corrected chi connectivity index (χ2v) is 6.78. The van der Waals surface area contributed by atoms with Crippen LogP contribution in [0.15, 0.2) is 24.3 Å². The predicted octanol–water partition coefficient (Wildman–Crippen LogP) is 2.99. The quantitative estimate of drug-likeness (QED) is 0.903. The molecule has 2 rings (SSSR count). The van der Waals surface area contributed by atoms with Gasteiger partial charge in [0.15, 0.2) is 0 Å². The molecule has 21 heavy (non-hydrogen) atoms. The van der Waals surface area contributed by atoms with E-state index in [4.69, 9.17) is 0 Å². The lowest BCUT2D eigenvalue weighted by Crippen LogP contribution is -2.53. The first-order chi connectivity index (χ1) is 9.94. The van der Waals surface area contributed by atoms with Crippen molar-refractivity contribution < 1.29 is 4.79 Å². The van der Waals surface area contributed by atoms with Gasteiger partial charge < -0.3 is 5.32 Å². The third-order valence-electron chi connectivity index (χ3n) is 4.74. The summed E-state index contributed by atoms with van der Waals surface area (Å²) in [6.07, 6.45) is 1.99. The van der Waals surface area contributed by atoms with E-state index in [1.807, 2.05) is 6.92 Å². The zero-order valence-corrected chi connectivity index (χ0v) is 13.8. The lowest BCUT2D eigenvalue weighted by atomic mass is 9.94. The molecule has 1 aliphatic heterocycles. The highest BCUT2D eigenvalue weighted by atomic mass is 16.1. The molecule has 0 fully saturated rings. The fourth-order valence-electron chi connectivity index (χ4n) is 2.79. The highest BCUT2D eigenvalue weighted by molar-refractivity contribution is 5.78. The van der Waals surface area contributed by atoms with E-state index in [0.29, 0.717) is 6.54 Å². The molecule has 1 aliphatic rings. The number of amides is 1. The maximum Gasteiger partial charge on any atom is 0.222 e. The summed E-state index contributed by atoms with van der Waals surface area (Å²) in [6.45, 7) is 11.2. The standard InChI is InChI=1S/C18H28N2O/c1-5-14(2)17(21)19-13-18(3,4)20-11-10-15-8-6-7-9-16(15)12-20/h6-9,14H,5,10-13H2,1-4H3,(H,19,21). The van der Waals surface area contributed by atoms with Gasteiger partial charge in [-0.15, -0.1) is 0 Å². The molecule has 0 radical (unpaired) electrons. The van der Waals surface area contributed by atoms with Crippen LogP contribution in [0.2, 0.25) is 0 Å². The summed E-state index contributed by atoms with van der Waals surface area (Å²) >= 11 is 0. The Hall–Kier alpha value is -1.35. The second kappa shape index (κ2) is 6.61. The number of nitrogens with one attached hydrogen (secondary N) is 1. The van der Waals surface area contributed by atoms with Crippen molar-refractivity contribution in [2.45, 2.75) is 52.6 Å². The van der Waals surface area contributed by atoms with E-state index in [9.17, 15) is 4.79 Å². The molecule has 3 nitrogen and oxygen atoms in total. The zero-order chi connectivity index (χ0) is 15.5. The minimum atomic E-state index is -0.0172. The molecule has 1 aromatic rings. The first-order valence-corrected chi connectivity index (χ1v) is 8.03. The van der Waals surface area contributed by atoms with Crippen molar-refractivity contribution in [3.05, 3.63) is 35.4 Å². The number of hydrogen-bond acceptors (Lipinski definition) is 2. The van der Waals surface area contributed by atoms with E-state index in [2.05, 4.69) is 55.3 Å². The maximum absolute atomic E-state index is 12.0. The number of nitrogens with zero attached hydrogens (tertiary/aromatic N) is 1. The molecule has 1 unspecified atom stereocenters. The largest absolute Gasteiger partial charge is 0.354 e. The molecular formula is C18H28N2O. The first kappa shape index (κ1) is 16.0. The molecule has 1 amide bonds. The lowest BCUT2D eigenvalue weighted by molar-refractivity contribution is -0.125. The van der Waals surface area contributed by atoms with Crippen LogP contribution in [0, 0.1) is 5.92 Å². The highest BCUT2D eigenvalue weighted by Gasteiger charge is 2.30. The lowest BCUT2D eigenvalue weighted by Gasteiger charge is -2.41. The SMILES string of the molecule is CCC(C)C(=O)NCC(C)(C)N1CCc2ccccc2C1. The van der Waals surface area contributed by atoms with E-state index < -0.39 is 0 Å². The van der Waals surface area contributed by atoms with Crippen LogP contribution in [-0.2, 0) is 17.8 Å². The Kier molecular flexibility index (Phi) is 5.04. The maximum atomic E-state index is 12.0. The Morgan fingerprint density at radius 2 is 2.00 bits per heavy atom. The van der Waals surface area contributed by atoms with Crippen molar-refractivity contribution in [1.29, 1.82) is 0 Å². The molecule has 0 saturated carbocycles. The van der Waals surface area contributed by atoms with Gasteiger partial charge in [0.05, 0.1) is 0 Å². The van der Waals surface area contributed by atoms with Crippen LogP contribution in [0.1, 0.15) is 45.2 Å². The van der Waals surface area contributed by atoms with E-state index >= 15 is 0 Å². The summed E-state index contributed by atoms with van der Waals surface area (Å²) in [7, 11) is 0. The first-order valence-electron chi connectivity index (χ1n) is 8.03. The van der Waals surface area contributed by atoms with E-state index in [-0.39, 0.29) is 17.4 Å². The normalized spacial score (nSPS) is 17.1. The smallest absolute Gasteiger partial charge is 0.222 e.